The van der Waals surface area contributed by atoms with Crippen LogP contribution in [0.4, 0.5) is 0 Å². The lowest BCUT2D eigenvalue weighted by atomic mass is 10.1. The number of carbonyl (C=O) groups is 1. The zero-order valence-electron chi connectivity index (χ0n) is 12.3. The molecule has 0 unspecified atom stereocenters. The number of ether oxygens (including phenoxy) is 1. The van der Waals surface area contributed by atoms with E-state index in [4.69, 9.17) is 4.74 Å². The second-order valence-electron chi connectivity index (χ2n) is 5.50. The van der Waals surface area contributed by atoms with Gasteiger partial charge in [-0.3, -0.25) is 4.79 Å². The van der Waals surface area contributed by atoms with Crippen LogP contribution >= 0.6 is 0 Å². The molecular formula is C14H24N4O2. The molecule has 1 aliphatic heterocycles. The third-order valence-corrected chi connectivity index (χ3v) is 3.51. The van der Waals surface area contributed by atoms with Gasteiger partial charge in [0.05, 0.1) is 19.1 Å². The van der Waals surface area contributed by atoms with Gasteiger partial charge >= 0.3 is 0 Å². The van der Waals surface area contributed by atoms with Crippen LogP contribution in [0.25, 0.3) is 0 Å². The second kappa shape index (κ2) is 7.50. The molecule has 0 spiro atoms. The molecule has 1 fully saturated rings. The molecule has 20 heavy (non-hydrogen) atoms. The highest BCUT2D eigenvalue weighted by molar-refractivity contribution is 5.80. The van der Waals surface area contributed by atoms with E-state index in [2.05, 4.69) is 15.4 Å². The van der Waals surface area contributed by atoms with E-state index < -0.39 is 0 Å². The van der Waals surface area contributed by atoms with Crippen molar-refractivity contribution in [2.75, 3.05) is 19.7 Å². The monoisotopic (exact) mass is 280 g/mol. The molecule has 0 atom stereocenters. The van der Waals surface area contributed by atoms with Gasteiger partial charge in [0.2, 0.25) is 0 Å². The van der Waals surface area contributed by atoms with Crippen molar-refractivity contribution in [2.24, 2.45) is 0 Å². The topological polar surface area (TPSA) is 69.0 Å². The van der Waals surface area contributed by atoms with Crippen molar-refractivity contribution in [3.05, 3.63) is 12.2 Å². The van der Waals surface area contributed by atoms with Crippen LogP contribution in [0, 0.1) is 0 Å². The third-order valence-electron chi connectivity index (χ3n) is 3.51. The van der Waals surface area contributed by atoms with Crippen molar-refractivity contribution in [1.82, 2.24) is 20.1 Å². The highest BCUT2D eigenvalue weighted by atomic mass is 16.5. The fourth-order valence-electron chi connectivity index (χ4n) is 2.40. The molecule has 0 amide bonds. The Balaban J connectivity index is 1.71. The van der Waals surface area contributed by atoms with Crippen molar-refractivity contribution in [2.45, 2.75) is 51.7 Å². The standard InChI is InChI=1S/C14H24N4O2/c1-11(2)18-14(16-10-17-18)9-12(19)5-8-20-13-3-6-15-7-4-13/h10-11,13,15H,3-9H2,1-2H3. The normalized spacial score (nSPS) is 16.8. The van der Waals surface area contributed by atoms with Crippen molar-refractivity contribution in [3.63, 3.8) is 0 Å². The van der Waals surface area contributed by atoms with Gasteiger partial charge in [0.1, 0.15) is 17.9 Å². The minimum Gasteiger partial charge on any atom is -0.378 e. The molecule has 6 nitrogen and oxygen atoms in total. The zero-order valence-corrected chi connectivity index (χ0v) is 12.3. The predicted molar refractivity (Wildman–Crippen MR) is 75.6 cm³/mol. The minimum atomic E-state index is 0.161. The summed E-state index contributed by atoms with van der Waals surface area (Å²) in [4.78, 5) is 16.1. The molecular weight excluding hydrogens is 256 g/mol. The highest BCUT2D eigenvalue weighted by Crippen LogP contribution is 2.09. The maximum atomic E-state index is 12.0. The van der Waals surface area contributed by atoms with E-state index in [0.717, 1.165) is 31.8 Å². The lowest BCUT2D eigenvalue weighted by Crippen LogP contribution is -2.32. The smallest absolute Gasteiger partial charge is 0.142 e. The second-order valence-corrected chi connectivity index (χ2v) is 5.50. The number of aromatic nitrogens is 3. The summed E-state index contributed by atoms with van der Waals surface area (Å²) >= 11 is 0. The van der Waals surface area contributed by atoms with E-state index >= 15 is 0 Å². The van der Waals surface area contributed by atoms with Gasteiger partial charge in [-0.2, -0.15) is 5.10 Å². The van der Waals surface area contributed by atoms with E-state index in [1.165, 1.54) is 6.33 Å². The van der Waals surface area contributed by atoms with Gasteiger partial charge in [-0.25, -0.2) is 9.67 Å². The van der Waals surface area contributed by atoms with Crippen LogP contribution in [-0.4, -0.2) is 46.3 Å². The number of nitrogens with one attached hydrogen (secondary N) is 1. The number of ketones is 1. The highest BCUT2D eigenvalue weighted by Gasteiger charge is 2.15. The Morgan fingerprint density at radius 1 is 1.50 bits per heavy atom. The van der Waals surface area contributed by atoms with Gasteiger partial charge in [-0.1, -0.05) is 0 Å². The number of piperidine rings is 1. The van der Waals surface area contributed by atoms with Crippen molar-refractivity contribution >= 4 is 5.78 Å². The minimum absolute atomic E-state index is 0.161. The molecule has 0 aliphatic carbocycles. The van der Waals surface area contributed by atoms with E-state index in [0.29, 0.717) is 25.6 Å². The van der Waals surface area contributed by atoms with E-state index in [1.807, 2.05) is 13.8 Å². The molecule has 0 aromatic carbocycles. The first-order valence-corrected chi connectivity index (χ1v) is 7.39. The van der Waals surface area contributed by atoms with Gasteiger partial charge in [0.25, 0.3) is 0 Å². The molecule has 1 aliphatic rings. The molecule has 1 aromatic rings. The van der Waals surface area contributed by atoms with Crippen LogP contribution in [0.15, 0.2) is 6.33 Å². The van der Waals surface area contributed by atoms with Crippen LogP contribution in [0.3, 0.4) is 0 Å². The Bertz CT molecular complexity index is 425. The molecule has 1 N–H and O–H groups in total. The largest absolute Gasteiger partial charge is 0.378 e. The number of Topliss-reactive ketones (excluding diaryl/α,β-unsaturated/α-hetero) is 1. The summed E-state index contributed by atoms with van der Waals surface area (Å²) in [6.45, 7) is 6.59. The number of hydrogen-bond acceptors (Lipinski definition) is 5. The summed E-state index contributed by atoms with van der Waals surface area (Å²) in [5.74, 6) is 0.903. The average molecular weight is 280 g/mol. The van der Waals surface area contributed by atoms with Crippen LogP contribution < -0.4 is 5.32 Å². The SMILES string of the molecule is CC(C)n1ncnc1CC(=O)CCOC1CCNCC1. The van der Waals surface area contributed by atoms with E-state index in [9.17, 15) is 4.79 Å². The summed E-state index contributed by atoms with van der Waals surface area (Å²) in [5.41, 5.74) is 0. The van der Waals surface area contributed by atoms with Gasteiger partial charge in [0.15, 0.2) is 0 Å². The summed E-state index contributed by atoms with van der Waals surface area (Å²) in [6, 6.07) is 0.228. The van der Waals surface area contributed by atoms with Crippen LogP contribution in [0.5, 0.6) is 0 Å². The molecule has 0 saturated carbocycles. The van der Waals surface area contributed by atoms with Crippen molar-refractivity contribution in [3.8, 4) is 0 Å². The summed E-state index contributed by atoms with van der Waals surface area (Å²) < 4.78 is 7.54. The first-order chi connectivity index (χ1) is 9.66. The first kappa shape index (κ1) is 15.1. The molecule has 2 rings (SSSR count). The number of rotatable bonds is 7. The molecule has 112 valence electrons. The summed E-state index contributed by atoms with van der Waals surface area (Å²) in [6.07, 6.45) is 4.69. The average Bonchev–Trinajstić information content (AvgIpc) is 2.88. The van der Waals surface area contributed by atoms with Crippen LogP contribution in [0.1, 0.15) is 45.0 Å². The maximum absolute atomic E-state index is 12.0. The molecule has 2 heterocycles. The van der Waals surface area contributed by atoms with Gasteiger partial charge in [-0.15, -0.1) is 0 Å². The molecule has 6 heteroatoms. The van der Waals surface area contributed by atoms with Crippen LogP contribution in [-0.2, 0) is 16.0 Å². The number of carbonyl (C=O) groups excluding carboxylic acids is 1. The predicted octanol–water partition coefficient (Wildman–Crippen LogP) is 1.13. The molecule has 0 bridgehead atoms. The fourth-order valence-corrected chi connectivity index (χ4v) is 2.40. The summed E-state index contributed by atoms with van der Waals surface area (Å²) in [5, 5.41) is 7.43. The van der Waals surface area contributed by atoms with Crippen molar-refractivity contribution < 1.29 is 9.53 Å². The Kier molecular flexibility index (Phi) is 5.67. The maximum Gasteiger partial charge on any atom is 0.142 e. The van der Waals surface area contributed by atoms with E-state index in [-0.39, 0.29) is 11.8 Å². The Morgan fingerprint density at radius 3 is 2.95 bits per heavy atom. The number of hydrogen-bond donors (Lipinski definition) is 1. The molecule has 1 aromatic heterocycles. The van der Waals surface area contributed by atoms with E-state index in [1.54, 1.807) is 4.68 Å². The van der Waals surface area contributed by atoms with Gasteiger partial charge < -0.3 is 10.1 Å². The van der Waals surface area contributed by atoms with Gasteiger partial charge in [-0.05, 0) is 39.8 Å². The Hall–Kier alpha value is -1.27. The molecule has 0 radical (unpaired) electrons. The quantitative estimate of drug-likeness (QED) is 0.811. The third kappa shape index (κ3) is 4.38. The van der Waals surface area contributed by atoms with Crippen molar-refractivity contribution in [1.29, 1.82) is 0 Å². The number of nitrogens with zero attached hydrogens (tertiary/aromatic N) is 3. The Morgan fingerprint density at radius 2 is 2.25 bits per heavy atom. The summed E-state index contributed by atoms with van der Waals surface area (Å²) in [7, 11) is 0. The Labute approximate surface area is 119 Å². The zero-order chi connectivity index (χ0) is 14.4. The van der Waals surface area contributed by atoms with Gasteiger partial charge in [0, 0.05) is 12.5 Å². The lowest BCUT2D eigenvalue weighted by Gasteiger charge is -2.22. The lowest BCUT2D eigenvalue weighted by molar-refractivity contribution is -0.120. The van der Waals surface area contributed by atoms with Crippen LogP contribution in [0.2, 0.25) is 0 Å². The fraction of sp³-hybridized carbons (Fsp3) is 0.786. The first-order valence-electron chi connectivity index (χ1n) is 7.39. The molecule has 1 saturated heterocycles.